The Hall–Kier alpha value is -3.18. The lowest BCUT2D eigenvalue weighted by atomic mass is 9.61. The van der Waals surface area contributed by atoms with Crippen molar-refractivity contribution in [1.29, 1.82) is 0 Å². The summed E-state index contributed by atoms with van der Waals surface area (Å²) in [5, 5.41) is 3.93. The molecule has 1 amide bonds. The van der Waals surface area contributed by atoms with Gasteiger partial charge < -0.3 is 19.1 Å². The molecule has 3 aromatic carbocycles. The summed E-state index contributed by atoms with van der Waals surface area (Å²) in [6.07, 6.45) is 4.50. The lowest BCUT2D eigenvalue weighted by Crippen LogP contribution is -2.57. The van der Waals surface area contributed by atoms with E-state index in [9.17, 15) is 9.59 Å². The van der Waals surface area contributed by atoms with E-state index in [0.717, 1.165) is 53.3 Å². The standard InChI is InChI=1S/C35H37BrN2O6S/c1-42-28-12-14-34(15-13-28)19-26-10-11-27(36)18-29(26)35(34)32(41)38(20-22-6-4-8-24(16-22)30(39)43-2)33(37-35)45-21-23-7-5-9-25(17-23)31(40)44-3/h4-11,16-18,28,33,37H,12-15,19-21H2,1-3H3. The lowest BCUT2D eigenvalue weighted by Gasteiger charge is -2.47. The van der Waals surface area contributed by atoms with E-state index in [-0.39, 0.29) is 28.9 Å². The molecule has 1 heterocycles. The number of esters is 2. The Bertz CT molecular complexity index is 1620. The number of carbonyl (C=O) groups excluding carboxylic acids is 3. The molecule has 236 valence electrons. The number of rotatable bonds is 8. The first-order chi connectivity index (χ1) is 21.7. The number of fused-ring (bicyclic) bond motifs is 3. The average molecular weight is 694 g/mol. The second-order valence-electron chi connectivity index (χ2n) is 12.1. The molecule has 0 aromatic heterocycles. The van der Waals surface area contributed by atoms with Gasteiger partial charge in [0, 0.05) is 29.3 Å². The minimum absolute atomic E-state index is 0.0412. The lowest BCUT2D eigenvalue weighted by molar-refractivity contribution is -0.139. The maximum atomic E-state index is 15.2. The number of thioether (sulfide) groups is 1. The number of amides is 1. The largest absolute Gasteiger partial charge is 0.465 e. The van der Waals surface area contributed by atoms with Crippen LogP contribution in [-0.4, -0.2) is 55.7 Å². The van der Waals surface area contributed by atoms with E-state index in [0.29, 0.717) is 23.4 Å². The van der Waals surface area contributed by atoms with Gasteiger partial charge in [0.2, 0.25) is 5.91 Å². The van der Waals surface area contributed by atoms with Gasteiger partial charge in [-0.2, -0.15) is 0 Å². The van der Waals surface area contributed by atoms with E-state index >= 15 is 4.79 Å². The van der Waals surface area contributed by atoms with Crippen LogP contribution in [0.1, 0.15) is 68.7 Å². The molecule has 1 aliphatic heterocycles. The van der Waals surface area contributed by atoms with Gasteiger partial charge in [0.1, 0.15) is 11.0 Å². The van der Waals surface area contributed by atoms with Crippen LogP contribution in [0.2, 0.25) is 0 Å². The van der Waals surface area contributed by atoms with Crippen molar-refractivity contribution in [1.82, 2.24) is 10.2 Å². The summed E-state index contributed by atoms with van der Waals surface area (Å²) < 4.78 is 16.6. The number of carbonyl (C=O) groups is 3. The van der Waals surface area contributed by atoms with Crippen LogP contribution in [-0.2, 0) is 43.3 Å². The zero-order chi connectivity index (χ0) is 31.8. The molecule has 2 fully saturated rings. The topological polar surface area (TPSA) is 94.2 Å². The van der Waals surface area contributed by atoms with Crippen molar-refractivity contribution in [2.24, 2.45) is 5.41 Å². The van der Waals surface area contributed by atoms with Crippen molar-refractivity contribution in [3.8, 4) is 0 Å². The van der Waals surface area contributed by atoms with Gasteiger partial charge in [-0.3, -0.25) is 10.1 Å². The molecular formula is C35H37BrN2O6S. The number of benzene rings is 3. The molecule has 2 aliphatic carbocycles. The van der Waals surface area contributed by atoms with Crippen LogP contribution in [0.15, 0.2) is 71.2 Å². The molecule has 10 heteroatoms. The second-order valence-corrected chi connectivity index (χ2v) is 14.1. The Labute approximate surface area is 276 Å². The van der Waals surface area contributed by atoms with Gasteiger partial charge in [-0.15, -0.1) is 11.8 Å². The first-order valence-electron chi connectivity index (χ1n) is 15.1. The number of hydrogen-bond donors (Lipinski definition) is 1. The average Bonchev–Trinajstić information content (AvgIpc) is 3.50. The van der Waals surface area contributed by atoms with Crippen molar-refractivity contribution in [3.63, 3.8) is 0 Å². The molecule has 45 heavy (non-hydrogen) atoms. The quantitative estimate of drug-likeness (QED) is 0.279. The maximum Gasteiger partial charge on any atom is 0.337 e. The van der Waals surface area contributed by atoms with Gasteiger partial charge in [-0.05, 0) is 90.8 Å². The normalized spacial score (nSPS) is 25.5. The Balaban J connectivity index is 1.40. The van der Waals surface area contributed by atoms with E-state index in [1.807, 2.05) is 35.2 Å². The number of halogens is 1. The number of hydrogen-bond acceptors (Lipinski definition) is 8. The van der Waals surface area contributed by atoms with Crippen LogP contribution in [0, 0.1) is 5.41 Å². The van der Waals surface area contributed by atoms with Crippen molar-refractivity contribution in [2.45, 2.75) is 61.5 Å². The molecule has 1 saturated carbocycles. The van der Waals surface area contributed by atoms with Crippen molar-refractivity contribution < 1.29 is 28.6 Å². The molecule has 2 unspecified atom stereocenters. The molecule has 2 atom stereocenters. The molecule has 0 bridgehead atoms. The first-order valence-corrected chi connectivity index (χ1v) is 16.9. The summed E-state index contributed by atoms with van der Waals surface area (Å²) in [5.41, 5.74) is 3.35. The van der Waals surface area contributed by atoms with Crippen LogP contribution in [0.3, 0.4) is 0 Å². The smallest absolute Gasteiger partial charge is 0.337 e. The van der Waals surface area contributed by atoms with E-state index < -0.39 is 11.5 Å². The number of methoxy groups -OCH3 is 3. The fraction of sp³-hybridized carbons (Fsp3) is 0.400. The molecule has 1 N–H and O–H groups in total. The van der Waals surface area contributed by atoms with Gasteiger partial charge in [0.05, 0.1) is 31.5 Å². The zero-order valence-electron chi connectivity index (χ0n) is 25.6. The van der Waals surface area contributed by atoms with E-state index in [2.05, 4.69) is 39.4 Å². The van der Waals surface area contributed by atoms with Crippen LogP contribution in [0.25, 0.3) is 0 Å². The number of nitrogens with one attached hydrogen (secondary N) is 1. The SMILES string of the molecule is COC(=O)c1cccc(CSC2NC3(C(=O)N2Cc2cccc(C(=O)OC)c2)c2cc(Br)ccc2CC32CCC(OC)CC2)c1. The van der Waals surface area contributed by atoms with E-state index in [4.69, 9.17) is 14.2 Å². The Morgan fingerprint density at radius 3 is 2.22 bits per heavy atom. The van der Waals surface area contributed by atoms with Gasteiger partial charge in [0.15, 0.2) is 0 Å². The summed E-state index contributed by atoms with van der Waals surface area (Å²) >= 11 is 5.30. The van der Waals surface area contributed by atoms with E-state index in [1.165, 1.54) is 19.8 Å². The Kier molecular flexibility index (Phi) is 9.12. The third-order valence-electron chi connectivity index (χ3n) is 9.68. The highest BCUT2D eigenvalue weighted by atomic mass is 79.9. The van der Waals surface area contributed by atoms with E-state index in [1.54, 1.807) is 37.1 Å². The summed E-state index contributed by atoms with van der Waals surface area (Å²) in [4.78, 5) is 41.6. The summed E-state index contributed by atoms with van der Waals surface area (Å²) in [6.45, 7) is 0.318. The minimum Gasteiger partial charge on any atom is -0.465 e. The molecule has 0 radical (unpaired) electrons. The van der Waals surface area contributed by atoms with Crippen LogP contribution in [0.5, 0.6) is 0 Å². The number of nitrogens with zero attached hydrogens (tertiary/aromatic N) is 1. The molecular weight excluding hydrogens is 656 g/mol. The second kappa shape index (κ2) is 12.9. The third kappa shape index (κ3) is 5.71. The Morgan fingerprint density at radius 1 is 0.933 bits per heavy atom. The molecule has 2 spiro atoms. The highest BCUT2D eigenvalue weighted by Gasteiger charge is 2.67. The molecule has 1 saturated heterocycles. The Morgan fingerprint density at radius 2 is 1.58 bits per heavy atom. The molecule has 3 aliphatic rings. The first kappa shape index (κ1) is 31.8. The van der Waals surface area contributed by atoms with Crippen LogP contribution < -0.4 is 5.32 Å². The molecule has 6 rings (SSSR count). The zero-order valence-corrected chi connectivity index (χ0v) is 28.0. The fourth-order valence-electron chi connectivity index (χ4n) is 7.46. The van der Waals surface area contributed by atoms with Gasteiger partial charge >= 0.3 is 11.9 Å². The summed E-state index contributed by atoms with van der Waals surface area (Å²) in [5.74, 6) is -0.198. The highest BCUT2D eigenvalue weighted by molar-refractivity contribution is 9.10. The van der Waals surface area contributed by atoms with Gasteiger partial charge in [0.25, 0.3) is 0 Å². The minimum atomic E-state index is -0.920. The van der Waals surface area contributed by atoms with Gasteiger partial charge in [-0.1, -0.05) is 46.3 Å². The highest BCUT2D eigenvalue weighted by Crippen LogP contribution is 2.61. The molecule has 3 aromatic rings. The predicted octanol–water partition coefficient (Wildman–Crippen LogP) is 6.20. The maximum absolute atomic E-state index is 15.2. The van der Waals surface area contributed by atoms with Crippen LogP contribution >= 0.6 is 27.7 Å². The van der Waals surface area contributed by atoms with Crippen LogP contribution in [0.4, 0.5) is 0 Å². The fourth-order valence-corrected chi connectivity index (χ4v) is 8.97. The van der Waals surface area contributed by atoms with Crippen molar-refractivity contribution in [3.05, 3.63) is 105 Å². The monoisotopic (exact) mass is 692 g/mol. The molecule has 8 nitrogen and oxygen atoms in total. The predicted molar refractivity (Wildman–Crippen MR) is 176 cm³/mol. The van der Waals surface area contributed by atoms with Crippen molar-refractivity contribution >= 4 is 45.5 Å². The van der Waals surface area contributed by atoms with Crippen molar-refractivity contribution in [2.75, 3.05) is 21.3 Å². The summed E-state index contributed by atoms with van der Waals surface area (Å²) in [6, 6.07) is 21.0. The van der Waals surface area contributed by atoms with Gasteiger partial charge in [-0.25, -0.2) is 9.59 Å². The summed E-state index contributed by atoms with van der Waals surface area (Å²) in [7, 11) is 4.50. The number of ether oxygens (including phenoxy) is 3. The third-order valence-corrected chi connectivity index (χ3v) is 11.4.